The van der Waals surface area contributed by atoms with Crippen LogP contribution in [0.2, 0.25) is 0 Å². The van der Waals surface area contributed by atoms with Crippen LogP contribution in [0.15, 0.2) is 28.7 Å². The van der Waals surface area contributed by atoms with E-state index in [-0.39, 0.29) is 23.3 Å². The second kappa shape index (κ2) is 5.63. The zero-order valence-electron chi connectivity index (χ0n) is 11.4. The summed E-state index contributed by atoms with van der Waals surface area (Å²) in [5.41, 5.74) is 6.85. The largest absolute Gasteiger partial charge is 0.355 e. The molecule has 4 heteroatoms. The van der Waals surface area contributed by atoms with Crippen molar-refractivity contribution in [1.29, 1.82) is 0 Å². The maximum atomic E-state index is 11.9. The van der Waals surface area contributed by atoms with E-state index in [1.165, 1.54) is 5.56 Å². The average molecular weight is 325 g/mol. The molecular formula is C15H21BrN2O. The van der Waals surface area contributed by atoms with Crippen molar-refractivity contribution in [1.82, 2.24) is 5.32 Å². The number of rotatable bonds is 4. The molecule has 0 spiro atoms. The minimum Gasteiger partial charge on any atom is -0.355 e. The molecule has 0 atom stereocenters. The quantitative estimate of drug-likeness (QED) is 0.894. The third-order valence-electron chi connectivity index (χ3n) is 3.86. The van der Waals surface area contributed by atoms with Gasteiger partial charge in [0.05, 0.1) is 0 Å². The molecule has 1 aliphatic carbocycles. The number of hydrogen-bond donors (Lipinski definition) is 2. The predicted molar refractivity (Wildman–Crippen MR) is 80.9 cm³/mol. The third-order valence-corrected chi connectivity index (χ3v) is 4.35. The Hall–Kier alpha value is -0.870. The van der Waals surface area contributed by atoms with Crippen LogP contribution in [-0.2, 0) is 10.2 Å². The number of carbonyl (C=O) groups is 1. The van der Waals surface area contributed by atoms with Gasteiger partial charge >= 0.3 is 0 Å². The van der Waals surface area contributed by atoms with Gasteiger partial charge in [0, 0.05) is 28.4 Å². The van der Waals surface area contributed by atoms with Gasteiger partial charge in [-0.1, -0.05) is 41.9 Å². The van der Waals surface area contributed by atoms with Gasteiger partial charge in [-0.2, -0.15) is 0 Å². The number of hydrogen-bond acceptors (Lipinski definition) is 2. The molecule has 0 heterocycles. The highest BCUT2D eigenvalue weighted by Crippen LogP contribution is 2.27. The van der Waals surface area contributed by atoms with Gasteiger partial charge < -0.3 is 11.1 Å². The van der Waals surface area contributed by atoms with Crippen molar-refractivity contribution >= 4 is 21.8 Å². The van der Waals surface area contributed by atoms with Gasteiger partial charge in [-0.05, 0) is 30.5 Å². The minimum absolute atomic E-state index is 0.0781. The van der Waals surface area contributed by atoms with Gasteiger partial charge in [-0.3, -0.25) is 4.79 Å². The summed E-state index contributed by atoms with van der Waals surface area (Å²) in [5, 5.41) is 3.05. The number of nitrogens with one attached hydrogen (secondary N) is 1. The summed E-state index contributed by atoms with van der Waals surface area (Å²) in [7, 11) is 0. The number of halogens is 1. The molecule has 1 amide bonds. The fourth-order valence-corrected chi connectivity index (χ4v) is 2.74. The Labute approximate surface area is 123 Å². The monoisotopic (exact) mass is 324 g/mol. The Morgan fingerprint density at radius 1 is 1.47 bits per heavy atom. The molecule has 0 aromatic heterocycles. The highest BCUT2D eigenvalue weighted by molar-refractivity contribution is 9.10. The van der Waals surface area contributed by atoms with Gasteiger partial charge in [0.2, 0.25) is 5.91 Å². The molecule has 3 nitrogen and oxygen atoms in total. The Bertz CT molecular complexity index is 467. The fraction of sp³-hybridized carbons (Fsp3) is 0.533. The molecule has 1 aromatic carbocycles. The standard InChI is InChI=1S/C15H21BrN2O/c1-15(2,11-4-3-5-12(16)8-11)9-18-14(19)10-6-13(17)7-10/h3-5,8,10,13H,6-7,9,17H2,1-2H3,(H,18,19). The van der Waals surface area contributed by atoms with E-state index in [4.69, 9.17) is 5.73 Å². The van der Waals surface area contributed by atoms with Crippen LogP contribution in [0.1, 0.15) is 32.3 Å². The first-order chi connectivity index (χ1) is 8.88. The Morgan fingerprint density at radius 2 is 2.16 bits per heavy atom. The smallest absolute Gasteiger partial charge is 0.223 e. The lowest BCUT2D eigenvalue weighted by Crippen LogP contribution is -2.47. The molecule has 1 fully saturated rings. The summed E-state index contributed by atoms with van der Waals surface area (Å²) in [6.07, 6.45) is 1.65. The fourth-order valence-electron chi connectivity index (χ4n) is 2.34. The summed E-state index contributed by atoms with van der Waals surface area (Å²) >= 11 is 3.48. The summed E-state index contributed by atoms with van der Waals surface area (Å²) in [5.74, 6) is 0.262. The maximum Gasteiger partial charge on any atom is 0.223 e. The van der Waals surface area contributed by atoms with Crippen molar-refractivity contribution in [2.45, 2.75) is 38.1 Å². The normalized spacial score (nSPS) is 22.7. The number of benzene rings is 1. The van der Waals surface area contributed by atoms with Gasteiger partial charge in [-0.25, -0.2) is 0 Å². The van der Waals surface area contributed by atoms with Gasteiger partial charge in [0.15, 0.2) is 0 Å². The van der Waals surface area contributed by atoms with Crippen molar-refractivity contribution in [3.8, 4) is 0 Å². The molecule has 0 aliphatic heterocycles. The van der Waals surface area contributed by atoms with Crippen LogP contribution in [-0.4, -0.2) is 18.5 Å². The second-order valence-corrected chi connectivity index (χ2v) is 6.96. The van der Waals surface area contributed by atoms with Crippen LogP contribution >= 0.6 is 15.9 Å². The summed E-state index contributed by atoms with van der Waals surface area (Å²) < 4.78 is 1.06. The van der Waals surface area contributed by atoms with Crippen LogP contribution in [0, 0.1) is 5.92 Å². The van der Waals surface area contributed by atoms with Crippen LogP contribution in [0.3, 0.4) is 0 Å². The highest BCUT2D eigenvalue weighted by Gasteiger charge is 2.32. The predicted octanol–water partition coefficient (Wildman–Crippen LogP) is 2.58. The molecule has 1 aliphatic rings. The van der Waals surface area contributed by atoms with Crippen molar-refractivity contribution in [2.75, 3.05) is 6.54 Å². The van der Waals surface area contributed by atoms with E-state index in [0.29, 0.717) is 6.54 Å². The molecule has 3 N–H and O–H groups in total. The molecule has 0 unspecified atom stereocenters. The molecule has 1 aromatic rings. The summed E-state index contributed by atoms with van der Waals surface area (Å²) in [4.78, 5) is 11.9. The van der Waals surface area contributed by atoms with E-state index in [1.807, 2.05) is 12.1 Å². The zero-order chi connectivity index (χ0) is 14.0. The Balaban J connectivity index is 1.92. The lowest BCUT2D eigenvalue weighted by atomic mass is 9.79. The molecular weight excluding hydrogens is 304 g/mol. The number of nitrogens with two attached hydrogens (primary N) is 1. The Morgan fingerprint density at radius 3 is 2.74 bits per heavy atom. The lowest BCUT2D eigenvalue weighted by Gasteiger charge is -2.33. The first-order valence-corrected chi connectivity index (χ1v) is 7.47. The van der Waals surface area contributed by atoms with Crippen molar-refractivity contribution in [3.05, 3.63) is 34.3 Å². The first kappa shape index (κ1) is 14.5. The van der Waals surface area contributed by atoms with Crippen LogP contribution in [0.5, 0.6) is 0 Å². The summed E-state index contributed by atoms with van der Waals surface area (Å²) in [6, 6.07) is 8.44. The minimum atomic E-state index is -0.0781. The van der Waals surface area contributed by atoms with Crippen molar-refractivity contribution in [3.63, 3.8) is 0 Å². The van der Waals surface area contributed by atoms with E-state index < -0.39 is 0 Å². The maximum absolute atomic E-state index is 11.9. The van der Waals surface area contributed by atoms with Crippen molar-refractivity contribution < 1.29 is 4.79 Å². The van der Waals surface area contributed by atoms with Crippen LogP contribution < -0.4 is 11.1 Å². The van der Waals surface area contributed by atoms with Crippen LogP contribution in [0.25, 0.3) is 0 Å². The number of carbonyl (C=O) groups excluding carboxylic acids is 1. The molecule has 19 heavy (non-hydrogen) atoms. The van der Waals surface area contributed by atoms with Gasteiger partial charge in [0.25, 0.3) is 0 Å². The molecule has 0 saturated heterocycles. The number of amides is 1. The van der Waals surface area contributed by atoms with E-state index >= 15 is 0 Å². The molecule has 2 rings (SSSR count). The van der Waals surface area contributed by atoms with Gasteiger partial charge in [0.1, 0.15) is 0 Å². The highest BCUT2D eigenvalue weighted by atomic mass is 79.9. The zero-order valence-corrected chi connectivity index (χ0v) is 13.0. The van der Waals surface area contributed by atoms with Gasteiger partial charge in [-0.15, -0.1) is 0 Å². The molecule has 0 radical (unpaired) electrons. The van der Waals surface area contributed by atoms with E-state index in [9.17, 15) is 4.79 Å². The third kappa shape index (κ3) is 3.57. The molecule has 1 saturated carbocycles. The van der Waals surface area contributed by atoms with Crippen LogP contribution in [0.4, 0.5) is 0 Å². The average Bonchev–Trinajstić information content (AvgIpc) is 2.32. The first-order valence-electron chi connectivity index (χ1n) is 6.68. The summed E-state index contributed by atoms with van der Waals surface area (Å²) in [6.45, 7) is 4.93. The van der Waals surface area contributed by atoms with Crippen molar-refractivity contribution in [2.24, 2.45) is 11.7 Å². The second-order valence-electron chi connectivity index (χ2n) is 6.04. The molecule has 104 valence electrons. The Kier molecular flexibility index (Phi) is 4.31. The SMILES string of the molecule is CC(C)(CNC(=O)C1CC(N)C1)c1cccc(Br)c1. The van der Waals surface area contributed by atoms with E-state index in [2.05, 4.69) is 47.2 Å². The molecule has 0 bridgehead atoms. The lowest BCUT2D eigenvalue weighted by molar-refractivity contribution is -0.128. The van der Waals surface area contributed by atoms with E-state index in [1.54, 1.807) is 0 Å². The topological polar surface area (TPSA) is 55.1 Å². The van der Waals surface area contributed by atoms with E-state index in [0.717, 1.165) is 17.3 Å².